The van der Waals surface area contributed by atoms with E-state index in [-0.39, 0.29) is 19.3 Å². The van der Waals surface area contributed by atoms with Gasteiger partial charge in [-0.3, -0.25) is 19.2 Å². The zero-order valence-electron chi connectivity index (χ0n) is 17.7. The predicted molar refractivity (Wildman–Crippen MR) is 120 cm³/mol. The van der Waals surface area contributed by atoms with Crippen molar-refractivity contribution >= 4 is 23.6 Å². The summed E-state index contributed by atoms with van der Waals surface area (Å²) < 4.78 is 0. The van der Waals surface area contributed by atoms with Crippen LogP contribution in [0.3, 0.4) is 0 Å². The molecule has 0 saturated heterocycles. The van der Waals surface area contributed by atoms with Gasteiger partial charge in [0.2, 0.25) is 23.6 Å². The van der Waals surface area contributed by atoms with Gasteiger partial charge >= 0.3 is 0 Å². The molecule has 0 bridgehead atoms. The van der Waals surface area contributed by atoms with Crippen LogP contribution < -0.4 is 27.8 Å². The number of nitrogens with two attached hydrogens (primary N) is 3. The number of primary amides is 2. The van der Waals surface area contributed by atoms with Gasteiger partial charge in [0.25, 0.3) is 0 Å². The highest BCUT2D eigenvalue weighted by Gasteiger charge is 2.27. The molecule has 2 aromatic carbocycles. The number of hydrogen-bond acceptors (Lipinski definition) is 5. The number of carbonyl (C=O) groups is 4. The molecule has 0 saturated carbocycles. The first-order valence-electron chi connectivity index (χ1n) is 10.3. The monoisotopic (exact) mass is 439 g/mol. The van der Waals surface area contributed by atoms with Gasteiger partial charge in [0.1, 0.15) is 12.1 Å². The molecule has 0 fully saturated rings. The van der Waals surface area contributed by atoms with Crippen LogP contribution in [-0.4, -0.2) is 41.8 Å². The molecule has 0 aliphatic carbocycles. The molecule has 0 aromatic heterocycles. The van der Waals surface area contributed by atoms with Crippen molar-refractivity contribution < 1.29 is 19.2 Å². The first-order valence-corrected chi connectivity index (χ1v) is 10.3. The molecule has 9 nitrogen and oxygen atoms in total. The molecule has 0 unspecified atom stereocenters. The largest absolute Gasteiger partial charge is 0.370 e. The van der Waals surface area contributed by atoms with E-state index in [0.29, 0.717) is 6.42 Å². The standard InChI is InChI=1S/C23H29N5O4/c24-17(13-15-7-3-1-4-8-15)22(31)28-19(14-16-9-5-2-6-10-16)23(32)27-18(21(26)30)11-12-20(25)29/h1-10,17-19H,11-14,24H2,(H2,25,29)(H2,26,30)(H,27,32)(H,28,31)/t17-,18-,19-/m0/s1. The average Bonchev–Trinajstić information content (AvgIpc) is 2.77. The summed E-state index contributed by atoms with van der Waals surface area (Å²) in [6, 6.07) is 15.4. The number of benzene rings is 2. The lowest BCUT2D eigenvalue weighted by molar-refractivity contribution is -0.132. The zero-order chi connectivity index (χ0) is 23.5. The zero-order valence-corrected chi connectivity index (χ0v) is 17.7. The lowest BCUT2D eigenvalue weighted by Gasteiger charge is -2.23. The van der Waals surface area contributed by atoms with Crippen LogP contribution >= 0.6 is 0 Å². The summed E-state index contributed by atoms with van der Waals surface area (Å²) in [6.45, 7) is 0. The van der Waals surface area contributed by atoms with E-state index in [1.807, 2.05) is 60.7 Å². The van der Waals surface area contributed by atoms with Gasteiger partial charge in [-0.05, 0) is 24.0 Å². The van der Waals surface area contributed by atoms with Gasteiger partial charge in [-0.25, -0.2) is 0 Å². The van der Waals surface area contributed by atoms with Gasteiger partial charge in [0.05, 0.1) is 6.04 Å². The maximum Gasteiger partial charge on any atom is 0.243 e. The highest BCUT2D eigenvalue weighted by Crippen LogP contribution is 2.07. The van der Waals surface area contributed by atoms with Crippen LogP contribution in [0.4, 0.5) is 0 Å². The van der Waals surface area contributed by atoms with E-state index in [9.17, 15) is 19.2 Å². The van der Waals surface area contributed by atoms with Crippen molar-refractivity contribution in [2.75, 3.05) is 0 Å². The maximum absolute atomic E-state index is 12.9. The smallest absolute Gasteiger partial charge is 0.243 e. The molecule has 0 aliphatic heterocycles. The van der Waals surface area contributed by atoms with Gasteiger partial charge in [-0.15, -0.1) is 0 Å². The van der Waals surface area contributed by atoms with E-state index in [4.69, 9.17) is 17.2 Å². The van der Waals surface area contributed by atoms with Crippen molar-refractivity contribution in [3.8, 4) is 0 Å². The molecule has 32 heavy (non-hydrogen) atoms. The second-order valence-corrected chi connectivity index (χ2v) is 7.52. The molecule has 0 spiro atoms. The number of nitrogens with one attached hydrogen (secondary N) is 2. The fraction of sp³-hybridized carbons (Fsp3) is 0.304. The highest BCUT2D eigenvalue weighted by molar-refractivity contribution is 5.93. The van der Waals surface area contributed by atoms with Crippen molar-refractivity contribution in [2.24, 2.45) is 17.2 Å². The summed E-state index contributed by atoms with van der Waals surface area (Å²) in [6.07, 6.45) is 0.328. The van der Waals surface area contributed by atoms with E-state index in [1.165, 1.54) is 0 Å². The topological polar surface area (TPSA) is 170 Å². The fourth-order valence-electron chi connectivity index (χ4n) is 3.14. The number of rotatable bonds is 12. The minimum Gasteiger partial charge on any atom is -0.370 e. The van der Waals surface area contributed by atoms with Crippen LogP contribution in [0.5, 0.6) is 0 Å². The molecule has 0 heterocycles. The minimum absolute atomic E-state index is 0.0318. The second kappa shape index (κ2) is 12.2. The van der Waals surface area contributed by atoms with Crippen LogP contribution in [0.25, 0.3) is 0 Å². The molecule has 2 aromatic rings. The molecule has 3 atom stereocenters. The van der Waals surface area contributed by atoms with Gasteiger partial charge in [-0.1, -0.05) is 60.7 Å². The van der Waals surface area contributed by atoms with E-state index in [1.54, 1.807) is 0 Å². The Balaban J connectivity index is 2.11. The Bertz CT molecular complexity index is 920. The molecule has 170 valence electrons. The number of hydrogen-bond donors (Lipinski definition) is 5. The average molecular weight is 440 g/mol. The van der Waals surface area contributed by atoms with Crippen LogP contribution in [0, 0.1) is 0 Å². The summed E-state index contributed by atoms with van der Waals surface area (Å²) in [5.74, 6) is -2.53. The fourth-order valence-corrected chi connectivity index (χ4v) is 3.14. The third-order valence-corrected chi connectivity index (χ3v) is 4.89. The molecule has 2 rings (SSSR count). The van der Waals surface area contributed by atoms with Gasteiger partial charge < -0.3 is 27.8 Å². The second-order valence-electron chi connectivity index (χ2n) is 7.52. The van der Waals surface area contributed by atoms with Crippen molar-refractivity contribution in [2.45, 2.75) is 43.8 Å². The molecular formula is C23H29N5O4. The van der Waals surface area contributed by atoms with E-state index >= 15 is 0 Å². The summed E-state index contributed by atoms with van der Waals surface area (Å²) in [5, 5.41) is 5.18. The Labute approximate surface area is 186 Å². The third-order valence-electron chi connectivity index (χ3n) is 4.89. The lowest BCUT2D eigenvalue weighted by atomic mass is 10.0. The lowest BCUT2D eigenvalue weighted by Crippen LogP contribution is -2.56. The van der Waals surface area contributed by atoms with Crippen molar-refractivity contribution in [1.82, 2.24) is 10.6 Å². The SMILES string of the molecule is NC(=O)CC[C@H](NC(=O)[C@H](Cc1ccccc1)NC(=O)[C@@H](N)Cc1ccccc1)C(N)=O. The maximum atomic E-state index is 12.9. The van der Waals surface area contributed by atoms with E-state index < -0.39 is 41.8 Å². The highest BCUT2D eigenvalue weighted by atomic mass is 16.2. The molecule has 8 N–H and O–H groups in total. The predicted octanol–water partition coefficient (Wildman–Crippen LogP) is -0.480. The number of amides is 4. The summed E-state index contributed by atoms with van der Waals surface area (Å²) >= 11 is 0. The van der Waals surface area contributed by atoms with Crippen LogP contribution in [-0.2, 0) is 32.0 Å². The van der Waals surface area contributed by atoms with Crippen molar-refractivity contribution in [1.29, 1.82) is 0 Å². The Morgan fingerprint density at radius 1 is 0.719 bits per heavy atom. The summed E-state index contributed by atoms with van der Waals surface area (Å²) in [4.78, 5) is 48.4. The van der Waals surface area contributed by atoms with Gasteiger partial charge in [0.15, 0.2) is 0 Å². The van der Waals surface area contributed by atoms with Crippen LogP contribution in [0.2, 0.25) is 0 Å². The third kappa shape index (κ3) is 8.19. The Morgan fingerprint density at radius 2 is 1.22 bits per heavy atom. The molecule has 0 radical (unpaired) electrons. The quantitative estimate of drug-likeness (QED) is 0.300. The number of carbonyl (C=O) groups excluding carboxylic acids is 4. The van der Waals surface area contributed by atoms with Gasteiger partial charge in [-0.2, -0.15) is 0 Å². The van der Waals surface area contributed by atoms with Crippen molar-refractivity contribution in [3.63, 3.8) is 0 Å². The summed E-state index contributed by atoms with van der Waals surface area (Å²) in [7, 11) is 0. The first-order chi connectivity index (χ1) is 15.3. The summed E-state index contributed by atoms with van der Waals surface area (Å²) in [5.41, 5.74) is 18.2. The molecular weight excluding hydrogens is 410 g/mol. The van der Waals surface area contributed by atoms with E-state index in [2.05, 4.69) is 10.6 Å². The van der Waals surface area contributed by atoms with Gasteiger partial charge in [0, 0.05) is 12.8 Å². The Morgan fingerprint density at radius 3 is 1.72 bits per heavy atom. The Hall–Kier alpha value is -3.72. The van der Waals surface area contributed by atoms with Crippen LogP contribution in [0.1, 0.15) is 24.0 Å². The minimum atomic E-state index is -1.09. The molecule has 4 amide bonds. The Kier molecular flexibility index (Phi) is 9.37. The first kappa shape index (κ1) is 24.5. The molecule has 0 aliphatic rings. The van der Waals surface area contributed by atoms with E-state index in [0.717, 1.165) is 11.1 Å². The van der Waals surface area contributed by atoms with Crippen LogP contribution in [0.15, 0.2) is 60.7 Å². The molecule has 9 heteroatoms. The normalized spacial score (nSPS) is 13.4. The van der Waals surface area contributed by atoms with Crippen molar-refractivity contribution in [3.05, 3.63) is 71.8 Å².